The molecule has 0 heterocycles. The topological polar surface area (TPSA) is 35.5 Å². The zero-order valence-electron chi connectivity index (χ0n) is 8.69. The zero-order valence-corrected chi connectivity index (χ0v) is 8.69. The van der Waals surface area contributed by atoms with Gasteiger partial charge in [-0.05, 0) is 12.1 Å². The van der Waals surface area contributed by atoms with Crippen LogP contribution in [0.3, 0.4) is 0 Å². The van der Waals surface area contributed by atoms with Gasteiger partial charge in [-0.2, -0.15) is 0 Å². The summed E-state index contributed by atoms with van der Waals surface area (Å²) >= 11 is 0. The molecule has 0 N–H and O–H groups in total. The van der Waals surface area contributed by atoms with E-state index in [0.29, 0.717) is 0 Å². The minimum atomic E-state index is -0.631. The van der Waals surface area contributed by atoms with Crippen molar-refractivity contribution < 1.29 is 14.3 Å². The summed E-state index contributed by atoms with van der Waals surface area (Å²) in [5, 5.41) is 0. The minimum Gasteiger partial charge on any atom is -0.497 e. The van der Waals surface area contributed by atoms with Crippen molar-refractivity contribution in [1.82, 2.24) is 0 Å². The van der Waals surface area contributed by atoms with E-state index >= 15 is 0 Å². The molecule has 1 aromatic rings. The Bertz CT molecular complexity index is 373. The van der Waals surface area contributed by atoms with Crippen LogP contribution in [0.25, 0.3) is 0 Å². The quantitative estimate of drug-likeness (QED) is 0.557. The van der Waals surface area contributed by atoms with Crippen LogP contribution >= 0.6 is 0 Å². The highest BCUT2D eigenvalue weighted by Gasteiger charge is 2.10. The van der Waals surface area contributed by atoms with Crippen molar-refractivity contribution in [2.75, 3.05) is 7.11 Å². The molecule has 0 fully saturated rings. The number of rotatable bonds is 3. The fourth-order valence-electron chi connectivity index (χ4n) is 1.14. The lowest BCUT2D eigenvalue weighted by molar-refractivity contribution is -0.144. The maximum Gasteiger partial charge on any atom is 0.304 e. The van der Waals surface area contributed by atoms with E-state index in [1.165, 1.54) is 6.92 Å². The number of carbonyl (C=O) groups is 1. The van der Waals surface area contributed by atoms with Crippen LogP contribution in [0.1, 0.15) is 18.6 Å². The molecule has 1 unspecified atom stereocenters. The van der Waals surface area contributed by atoms with Gasteiger partial charge in [0, 0.05) is 12.5 Å². The molecular formula is C12H12O3. The average molecular weight is 204 g/mol. The highest BCUT2D eigenvalue weighted by atomic mass is 16.5. The summed E-state index contributed by atoms with van der Waals surface area (Å²) in [6.07, 6.45) is 4.63. The first kappa shape index (κ1) is 11.1. The Morgan fingerprint density at radius 2 is 2.00 bits per heavy atom. The average Bonchev–Trinajstić information content (AvgIpc) is 2.26. The molecule has 15 heavy (non-hydrogen) atoms. The van der Waals surface area contributed by atoms with Crippen LogP contribution in [0, 0.1) is 12.3 Å². The molecular weight excluding hydrogens is 192 g/mol. The second-order valence-electron chi connectivity index (χ2n) is 2.93. The summed E-state index contributed by atoms with van der Waals surface area (Å²) in [4.78, 5) is 10.8. The van der Waals surface area contributed by atoms with Crippen molar-refractivity contribution >= 4 is 5.97 Å². The SMILES string of the molecule is C#CC(OC(C)=O)c1ccc(OC)cc1. The molecule has 0 aromatic heterocycles. The van der Waals surface area contributed by atoms with Crippen LogP contribution in [0.4, 0.5) is 0 Å². The van der Waals surface area contributed by atoms with E-state index in [2.05, 4.69) is 5.92 Å². The van der Waals surface area contributed by atoms with Crippen LogP contribution in [0.15, 0.2) is 24.3 Å². The molecule has 0 aliphatic rings. The molecule has 78 valence electrons. The van der Waals surface area contributed by atoms with Crippen molar-refractivity contribution in [2.45, 2.75) is 13.0 Å². The summed E-state index contributed by atoms with van der Waals surface area (Å²) in [6, 6.07) is 7.07. The summed E-state index contributed by atoms with van der Waals surface area (Å²) in [5.74, 6) is 2.74. The number of carbonyl (C=O) groups excluding carboxylic acids is 1. The molecule has 0 aliphatic carbocycles. The Hall–Kier alpha value is -1.95. The maximum atomic E-state index is 10.8. The monoisotopic (exact) mass is 204 g/mol. The van der Waals surface area contributed by atoms with E-state index < -0.39 is 12.1 Å². The lowest BCUT2D eigenvalue weighted by Crippen LogP contribution is -2.06. The second-order valence-corrected chi connectivity index (χ2v) is 2.93. The van der Waals surface area contributed by atoms with Gasteiger partial charge in [0.15, 0.2) is 6.10 Å². The molecule has 0 bridgehead atoms. The minimum absolute atomic E-state index is 0.395. The highest BCUT2D eigenvalue weighted by Crippen LogP contribution is 2.19. The fraction of sp³-hybridized carbons (Fsp3) is 0.250. The summed E-state index contributed by atoms with van der Waals surface area (Å²) in [6.45, 7) is 1.33. The van der Waals surface area contributed by atoms with Gasteiger partial charge in [0.25, 0.3) is 0 Å². The van der Waals surface area contributed by atoms with Crippen LogP contribution in [-0.4, -0.2) is 13.1 Å². The third-order valence-corrected chi connectivity index (χ3v) is 1.85. The van der Waals surface area contributed by atoms with Gasteiger partial charge in [-0.15, -0.1) is 6.42 Å². The first-order valence-electron chi connectivity index (χ1n) is 4.44. The predicted molar refractivity (Wildman–Crippen MR) is 56.3 cm³/mol. The fourth-order valence-corrected chi connectivity index (χ4v) is 1.14. The number of esters is 1. The van der Waals surface area contributed by atoms with E-state index in [1.807, 2.05) is 0 Å². The third kappa shape index (κ3) is 3.03. The Balaban J connectivity index is 2.84. The van der Waals surface area contributed by atoms with Crippen LogP contribution in [-0.2, 0) is 9.53 Å². The standard InChI is InChI=1S/C12H12O3/c1-4-12(15-9(2)13)10-5-7-11(14-3)8-6-10/h1,5-8,12H,2-3H3. The Morgan fingerprint density at radius 3 is 2.40 bits per heavy atom. The molecule has 1 atom stereocenters. The molecule has 0 saturated heterocycles. The first-order valence-corrected chi connectivity index (χ1v) is 4.44. The summed E-state index contributed by atoms with van der Waals surface area (Å²) < 4.78 is 9.95. The summed E-state index contributed by atoms with van der Waals surface area (Å²) in [7, 11) is 1.58. The largest absolute Gasteiger partial charge is 0.497 e. The van der Waals surface area contributed by atoms with Gasteiger partial charge in [0.05, 0.1) is 7.11 Å². The molecule has 1 rings (SSSR count). The number of ether oxygens (including phenoxy) is 2. The van der Waals surface area contributed by atoms with Gasteiger partial charge >= 0.3 is 5.97 Å². The molecule has 0 amide bonds. The highest BCUT2D eigenvalue weighted by molar-refractivity contribution is 5.66. The molecule has 3 heteroatoms. The maximum absolute atomic E-state index is 10.8. The Morgan fingerprint density at radius 1 is 1.40 bits per heavy atom. The van der Waals surface area contributed by atoms with Crippen LogP contribution in [0.5, 0.6) is 5.75 Å². The van der Waals surface area contributed by atoms with Gasteiger partial charge < -0.3 is 9.47 Å². The zero-order chi connectivity index (χ0) is 11.3. The van der Waals surface area contributed by atoms with Gasteiger partial charge in [-0.25, -0.2) is 0 Å². The van der Waals surface area contributed by atoms with E-state index in [1.54, 1.807) is 31.4 Å². The lowest BCUT2D eigenvalue weighted by atomic mass is 10.1. The van der Waals surface area contributed by atoms with Crippen molar-refractivity contribution in [3.05, 3.63) is 29.8 Å². The number of hydrogen-bond donors (Lipinski definition) is 0. The van der Waals surface area contributed by atoms with Crippen molar-refractivity contribution in [2.24, 2.45) is 0 Å². The molecule has 1 aromatic carbocycles. The van der Waals surface area contributed by atoms with Gasteiger partial charge in [-0.3, -0.25) is 4.79 Å². The molecule has 0 aliphatic heterocycles. The van der Waals surface area contributed by atoms with E-state index in [4.69, 9.17) is 15.9 Å². The first-order chi connectivity index (χ1) is 7.17. The van der Waals surface area contributed by atoms with Gasteiger partial charge in [0.2, 0.25) is 0 Å². The van der Waals surface area contributed by atoms with Crippen LogP contribution in [0.2, 0.25) is 0 Å². The summed E-state index contributed by atoms with van der Waals surface area (Å²) in [5.41, 5.74) is 0.758. The van der Waals surface area contributed by atoms with Gasteiger partial charge in [0.1, 0.15) is 5.75 Å². The lowest BCUT2D eigenvalue weighted by Gasteiger charge is -2.11. The number of methoxy groups -OCH3 is 1. The van der Waals surface area contributed by atoms with Crippen LogP contribution < -0.4 is 4.74 Å². The van der Waals surface area contributed by atoms with Gasteiger partial charge in [-0.1, -0.05) is 18.1 Å². The Kier molecular flexibility index (Phi) is 3.75. The molecule has 0 radical (unpaired) electrons. The van der Waals surface area contributed by atoms with Crippen molar-refractivity contribution in [3.8, 4) is 18.1 Å². The molecule has 0 spiro atoms. The number of hydrogen-bond acceptors (Lipinski definition) is 3. The third-order valence-electron chi connectivity index (χ3n) is 1.85. The Labute approximate surface area is 89.0 Å². The van der Waals surface area contributed by atoms with Crippen molar-refractivity contribution in [3.63, 3.8) is 0 Å². The normalized spacial score (nSPS) is 11.3. The second kappa shape index (κ2) is 5.06. The van der Waals surface area contributed by atoms with E-state index in [-0.39, 0.29) is 0 Å². The van der Waals surface area contributed by atoms with E-state index in [0.717, 1.165) is 11.3 Å². The predicted octanol–water partition coefficient (Wildman–Crippen LogP) is 1.93. The number of terminal acetylenes is 1. The number of benzene rings is 1. The molecule has 0 saturated carbocycles. The smallest absolute Gasteiger partial charge is 0.304 e. The van der Waals surface area contributed by atoms with E-state index in [9.17, 15) is 4.79 Å². The van der Waals surface area contributed by atoms with Crippen molar-refractivity contribution in [1.29, 1.82) is 0 Å². The molecule has 3 nitrogen and oxygen atoms in total.